The summed E-state index contributed by atoms with van der Waals surface area (Å²) in [5.74, 6) is 0. The topological polar surface area (TPSA) is 45.5 Å². The van der Waals surface area contributed by atoms with Crippen LogP contribution < -0.4 is 0 Å². The van der Waals surface area contributed by atoms with Crippen molar-refractivity contribution in [2.45, 2.75) is 53.1 Å². The fourth-order valence-electron chi connectivity index (χ4n) is 1.64. The highest BCUT2D eigenvalue weighted by Gasteiger charge is 2.18. The van der Waals surface area contributed by atoms with Crippen LogP contribution in [-0.2, 0) is 5.60 Å². The molecule has 0 aliphatic heterocycles. The van der Waals surface area contributed by atoms with Crippen molar-refractivity contribution in [1.29, 1.82) is 0 Å². The predicted octanol–water partition coefficient (Wildman–Crippen LogP) is 3.51. The Labute approximate surface area is 104 Å². The lowest BCUT2D eigenvalue weighted by molar-refractivity contribution is 0.0737. The Kier molecular flexibility index (Phi) is 4.40. The van der Waals surface area contributed by atoms with Gasteiger partial charge >= 0.3 is 0 Å². The van der Waals surface area contributed by atoms with E-state index in [2.05, 4.69) is 16.9 Å². The first-order valence-electron chi connectivity index (χ1n) is 6.09. The Bertz CT molecular complexity index is 417. The van der Waals surface area contributed by atoms with E-state index in [0.29, 0.717) is 5.69 Å². The van der Waals surface area contributed by atoms with Gasteiger partial charge in [0.1, 0.15) is 5.60 Å². The van der Waals surface area contributed by atoms with Crippen LogP contribution in [0.5, 0.6) is 0 Å². The van der Waals surface area contributed by atoms with E-state index >= 15 is 0 Å². The van der Waals surface area contributed by atoms with E-state index in [9.17, 15) is 5.11 Å². The Morgan fingerprint density at radius 2 is 2.06 bits per heavy atom. The lowest BCUT2D eigenvalue weighted by Gasteiger charge is -2.17. The minimum Gasteiger partial charge on any atom is -0.384 e. The summed E-state index contributed by atoms with van der Waals surface area (Å²) in [6.07, 6.45) is 2.11. The van der Waals surface area contributed by atoms with Gasteiger partial charge in [-0.25, -0.2) is 0 Å². The van der Waals surface area contributed by atoms with Gasteiger partial charge in [-0.05, 0) is 46.2 Å². The molecular formula is C14H22N2O. The van der Waals surface area contributed by atoms with Crippen LogP contribution in [-0.4, -0.2) is 15.8 Å². The average Bonchev–Trinajstić information content (AvgIpc) is 2.20. The van der Waals surface area contributed by atoms with E-state index in [1.54, 1.807) is 13.8 Å². The van der Waals surface area contributed by atoms with Gasteiger partial charge in [-0.3, -0.25) is 9.98 Å². The Balaban J connectivity index is 3.02. The number of aliphatic hydroxyl groups is 1. The van der Waals surface area contributed by atoms with E-state index in [1.807, 2.05) is 26.0 Å². The van der Waals surface area contributed by atoms with Crippen molar-refractivity contribution < 1.29 is 5.11 Å². The summed E-state index contributed by atoms with van der Waals surface area (Å²) in [5, 5.41) is 9.87. The fourth-order valence-corrected chi connectivity index (χ4v) is 1.64. The zero-order valence-corrected chi connectivity index (χ0v) is 11.4. The van der Waals surface area contributed by atoms with Gasteiger partial charge < -0.3 is 5.11 Å². The largest absolute Gasteiger partial charge is 0.384 e. The second-order valence-corrected chi connectivity index (χ2v) is 4.96. The molecule has 0 fully saturated rings. The highest BCUT2D eigenvalue weighted by Crippen LogP contribution is 2.23. The second-order valence-electron chi connectivity index (χ2n) is 4.96. The summed E-state index contributed by atoms with van der Waals surface area (Å²) in [6, 6.07) is 3.76. The Morgan fingerprint density at radius 1 is 1.41 bits per heavy atom. The molecule has 1 rings (SSSR count). The first-order valence-corrected chi connectivity index (χ1v) is 6.09. The number of hydrogen-bond donors (Lipinski definition) is 1. The Hall–Kier alpha value is -1.22. The van der Waals surface area contributed by atoms with Gasteiger partial charge in [0.15, 0.2) is 0 Å². The highest BCUT2D eigenvalue weighted by atomic mass is 16.3. The molecule has 1 N–H and O–H groups in total. The normalized spacial score (nSPS) is 12.9. The number of nitrogens with zero attached hydrogens (tertiary/aromatic N) is 2. The van der Waals surface area contributed by atoms with Gasteiger partial charge in [0, 0.05) is 5.71 Å². The molecule has 94 valence electrons. The van der Waals surface area contributed by atoms with Crippen LogP contribution in [0, 0.1) is 6.92 Å². The first kappa shape index (κ1) is 13.8. The SMILES string of the molecule is CCCC(C)=Nc1ccc(C(C)(C)O)nc1C. The number of pyridine rings is 1. The van der Waals surface area contributed by atoms with Crippen LogP contribution in [0.25, 0.3) is 0 Å². The van der Waals surface area contributed by atoms with Gasteiger partial charge in [-0.2, -0.15) is 0 Å². The van der Waals surface area contributed by atoms with Crippen molar-refractivity contribution in [2.75, 3.05) is 0 Å². The van der Waals surface area contributed by atoms with Crippen LogP contribution in [0.15, 0.2) is 17.1 Å². The van der Waals surface area contributed by atoms with Crippen LogP contribution in [0.1, 0.15) is 51.9 Å². The molecule has 17 heavy (non-hydrogen) atoms. The van der Waals surface area contributed by atoms with Crippen LogP contribution in [0.3, 0.4) is 0 Å². The molecule has 0 aromatic carbocycles. The van der Waals surface area contributed by atoms with Gasteiger partial charge in [0.25, 0.3) is 0 Å². The summed E-state index contributed by atoms with van der Waals surface area (Å²) in [6.45, 7) is 9.57. The van der Waals surface area contributed by atoms with Crippen LogP contribution in [0.4, 0.5) is 5.69 Å². The number of aryl methyl sites for hydroxylation is 1. The number of rotatable bonds is 4. The van der Waals surface area contributed by atoms with Gasteiger partial charge in [-0.15, -0.1) is 0 Å². The third-order valence-corrected chi connectivity index (χ3v) is 2.61. The van der Waals surface area contributed by atoms with Gasteiger partial charge in [0.05, 0.1) is 17.1 Å². The third-order valence-electron chi connectivity index (χ3n) is 2.61. The van der Waals surface area contributed by atoms with E-state index < -0.39 is 5.60 Å². The molecule has 0 atom stereocenters. The lowest BCUT2D eigenvalue weighted by Crippen LogP contribution is -2.17. The molecule has 0 radical (unpaired) electrons. The zero-order chi connectivity index (χ0) is 13.1. The molecule has 0 saturated carbocycles. The van der Waals surface area contributed by atoms with Crippen molar-refractivity contribution in [2.24, 2.45) is 4.99 Å². The van der Waals surface area contributed by atoms with Crippen LogP contribution >= 0.6 is 0 Å². The minimum atomic E-state index is -0.897. The maximum absolute atomic E-state index is 9.87. The summed E-state index contributed by atoms with van der Waals surface area (Å²) < 4.78 is 0. The molecule has 0 unspecified atom stereocenters. The van der Waals surface area contributed by atoms with E-state index in [4.69, 9.17) is 0 Å². The number of aromatic nitrogens is 1. The van der Waals surface area contributed by atoms with Gasteiger partial charge in [0.2, 0.25) is 0 Å². The first-order chi connectivity index (χ1) is 7.84. The molecule has 0 amide bonds. The smallest absolute Gasteiger partial charge is 0.101 e. The molecule has 3 nitrogen and oxygen atoms in total. The summed E-state index contributed by atoms with van der Waals surface area (Å²) in [4.78, 5) is 8.94. The lowest BCUT2D eigenvalue weighted by atomic mass is 10.0. The molecular weight excluding hydrogens is 212 g/mol. The third kappa shape index (κ3) is 3.93. The fraction of sp³-hybridized carbons (Fsp3) is 0.571. The molecule has 0 aliphatic carbocycles. The van der Waals surface area contributed by atoms with E-state index in [0.717, 1.165) is 29.9 Å². The molecule has 0 saturated heterocycles. The van der Waals surface area contributed by atoms with Crippen molar-refractivity contribution >= 4 is 11.4 Å². The van der Waals surface area contributed by atoms with Crippen molar-refractivity contribution in [3.05, 3.63) is 23.5 Å². The van der Waals surface area contributed by atoms with Gasteiger partial charge in [-0.1, -0.05) is 13.3 Å². The number of aliphatic imine (C=N–C) groups is 1. The molecule has 0 spiro atoms. The molecule has 3 heteroatoms. The van der Waals surface area contributed by atoms with Crippen molar-refractivity contribution in [3.63, 3.8) is 0 Å². The standard InChI is InChI=1S/C14H22N2O/c1-6-7-10(2)15-12-8-9-13(14(4,5)17)16-11(12)3/h8-9,17H,6-7H2,1-5H3. The summed E-state index contributed by atoms with van der Waals surface area (Å²) in [7, 11) is 0. The highest BCUT2D eigenvalue weighted by molar-refractivity contribution is 5.84. The quantitative estimate of drug-likeness (QED) is 0.810. The maximum atomic E-state index is 9.87. The maximum Gasteiger partial charge on any atom is 0.101 e. The van der Waals surface area contributed by atoms with Crippen molar-refractivity contribution in [1.82, 2.24) is 4.98 Å². The molecule has 0 aliphatic rings. The number of hydrogen-bond acceptors (Lipinski definition) is 3. The Morgan fingerprint density at radius 3 is 2.53 bits per heavy atom. The summed E-state index contributed by atoms with van der Waals surface area (Å²) >= 11 is 0. The molecule has 1 heterocycles. The molecule has 1 aromatic rings. The van der Waals surface area contributed by atoms with Crippen molar-refractivity contribution in [3.8, 4) is 0 Å². The van der Waals surface area contributed by atoms with E-state index in [-0.39, 0.29) is 0 Å². The minimum absolute atomic E-state index is 0.682. The predicted molar refractivity (Wildman–Crippen MR) is 71.9 cm³/mol. The van der Waals surface area contributed by atoms with E-state index in [1.165, 1.54) is 0 Å². The van der Waals surface area contributed by atoms with Crippen LogP contribution in [0.2, 0.25) is 0 Å². The second kappa shape index (κ2) is 5.41. The monoisotopic (exact) mass is 234 g/mol. The average molecular weight is 234 g/mol. The zero-order valence-electron chi connectivity index (χ0n) is 11.4. The molecule has 1 aromatic heterocycles. The summed E-state index contributed by atoms with van der Waals surface area (Å²) in [5.41, 5.74) is 2.66. The molecule has 0 bridgehead atoms.